The molecule has 0 radical (unpaired) electrons. The molecule has 19 heavy (non-hydrogen) atoms. The molecular weight excluding hydrogens is 311 g/mol. The second-order valence-electron chi connectivity index (χ2n) is 4.94. The standard InChI is InChI=1S/C14H18BrFN2O/c1-18-8-3-2-5-10(18)9-17-14(19)11-6-4-7-12(16)13(11)15/h4,6-7,10H,2-3,5,8-9H2,1H3,(H,17,19). The minimum atomic E-state index is -0.414. The number of likely N-dealkylation sites (N-methyl/N-ethyl adjacent to an activating group) is 1. The first-order valence-electron chi connectivity index (χ1n) is 6.52. The highest BCUT2D eigenvalue weighted by Crippen LogP contribution is 2.20. The number of hydrogen-bond acceptors (Lipinski definition) is 2. The van der Waals surface area contributed by atoms with Crippen LogP contribution in [0.25, 0.3) is 0 Å². The van der Waals surface area contributed by atoms with Crippen LogP contribution in [0.5, 0.6) is 0 Å². The molecule has 1 aromatic carbocycles. The molecule has 1 unspecified atom stereocenters. The van der Waals surface area contributed by atoms with Gasteiger partial charge in [0.2, 0.25) is 0 Å². The van der Waals surface area contributed by atoms with Crippen molar-refractivity contribution >= 4 is 21.8 Å². The summed E-state index contributed by atoms with van der Waals surface area (Å²) in [5.41, 5.74) is 0.346. The number of hydrogen-bond donors (Lipinski definition) is 1. The summed E-state index contributed by atoms with van der Waals surface area (Å²) in [4.78, 5) is 14.3. The van der Waals surface area contributed by atoms with Gasteiger partial charge in [-0.1, -0.05) is 12.5 Å². The van der Waals surface area contributed by atoms with Crippen molar-refractivity contribution in [2.45, 2.75) is 25.3 Å². The molecule has 1 saturated heterocycles. The van der Waals surface area contributed by atoms with Gasteiger partial charge in [0.05, 0.1) is 10.0 Å². The largest absolute Gasteiger partial charge is 0.350 e. The minimum absolute atomic E-state index is 0.226. The predicted molar refractivity (Wildman–Crippen MR) is 76.7 cm³/mol. The van der Waals surface area contributed by atoms with E-state index in [1.54, 1.807) is 12.1 Å². The number of halogens is 2. The fraction of sp³-hybridized carbons (Fsp3) is 0.500. The quantitative estimate of drug-likeness (QED) is 0.925. The number of benzene rings is 1. The average Bonchev–Trinajstić information content (AvgIpc) is 2.40. The van der Waals surface area contributed by atoms with E-state index in [1.165, 1.54) is 18.9 Å². The molecule has 0 spiro atoms. The maximum atomic E-state index is 13.4. The summed E-state index contributed by atoms with van der Waals surface area (Å²) in [5.74, 6) is -0.646. The van der Waals surface area contributed by atoms with E-state index >= 15 is 0 Å². The van der Waals surface area contributed by atoms with Gasteiger partial charge in [-0.3, -0.25) is 4.79 Å². The van der Waals surface area contributed by atoms with Crippen LogP contribution in [0.3, 0.4) is 0 Å². The molecule has 3 nitrogen and oxygen atoms in total. The van der Waals surface area contributed by atoms with E-state index < -0.39 is 5.82 Å². The molecule has 0 saturated carbocycles. The Morgan fingerprint density at radius 2 is 2.32 bits per heavy atom. The van der Waals surface area contributed by atoms with E-state index in [4.69, 9.17) is 0 Å². The SMILES string of the molecule is CN1CCCCC1CNC(=O)c1cccc(F)c1Br. The number of carbonyl (C=O) groups is 1. The van der Waals surface area contributed by atoms with Crippen LogP contribution < -0.4 is 5.32 Å². The van der Waals surface area contributed by atoms with Gasteiger partial charge in [-0.25, -0.2) is 4.39 Å². The maximum absolute atomic E-state index is 13.4. The number of piperidine rings is 1. The van der Waals surface area contributed by atoms with Gasteiger partial charge < -0.3 is 10.2 Å². The van der Waals surface area contributed by atoms with Crippen LogP contribution in [0, 0.1) is 5.82 Å². The lowest BCUT2D eigenvalue weighted by molar-refractivity contribution is 0.0927. The van der Waals surface area contributed by atoms with E-state index in [2.05, 4.69) is 33.2 Å². The summed E-state index contributed by atoms with van der Waals surface area (Å²) >= 11 is 3.11. The topological polar surface area (TPSA) is 32.3 Å². The molecular formula is C14H18BrFN2O. The number of carbonyl (C=O) groups excluding carboxylic acids is 1. The Bertz CT molecular complexity index is 467. The first-order valence-corrected chi connectivity index (χ1v) is 7.31. The molecule has 1 atom stereocenters. The third-order valence-corrected chi connectivity index (χ3v) is 4.42. The van der Waals surface area contributed by atoms with Crippen LogP contribution in [0.4, 0.5) is 4.39 Å². The zero-order valence-corrected chi connectivity index (χ0v) is 12.5. The van der Waals surface area contributed by atoms with E-state index in [-0.39, 0.29) is 10.4 Å². The van der Waals surface area contributed by atoms with Crippen molar-refractivity contribution < 1.29 is 9.18 Å². The van der Waals surface area contributed by atoms with Crippen molar-refractivity contribution in [2.24, 2.45) is 0 Å². The van der Waals surface area contributed by atoms with Crippen LogP contribution in [0.2, 0.25) is 0 Å². The summed E-state index contributed by atoms with van der Waals surface area (Å²) in [6.07, 6.45) is 3.52. The summed E-state index contributed by atoms with van der Waals surface area (Å²) in [6, 6.07) is 4.87. The Labute approximate surface area is 121 Å². The van der Waals surface area contributed by atoms with E-state index in [1.807, 2.05) is 0 Å². The monoisotopic (exact) mass is 328 g/mol. The molecule has 0 bridgehead atoms. The summed E-state index contributed by atoms with van der Waals surface area (Å²) in [6.45, 7) is 1.68. The summed E-state index contributed by atoms with van der Waals surface area (Å²) < 4.78 is 13.6. The number of rotatable bonds is 3. The first kappa shape index (κ1) is 14.5. The van der Waals surface area contributed by atoms with Gasteiger partial charge in [-0.15, -0.1) is 0 Å². The molecule has 1 amide bonds. The van der Waals surface area contributed by atoms with Crippen molar-refractivity contribution in [3.05, 3.63) is 34.1 Å². The zero-order chi connectivity index (χ0) is 13.8. The van der Waals surface area contributed by atoms with Crippen LogP contribution in [0.15, 0.2) is 22.7 Å². The number of likely N-dealkylation sites (tertiary alicyclic amines) is 1. The fourth-order valence-electron chi connectivity index (χ4n) is 2.39. The van der Waals surface area contributed by atoms with Gasteiger partial charge in [-0.05, 0) is 54.5 Å². The number of nitrogens with one attached hydrogen (secondary N) is 1. The molecule has 2 rings (SSSR count). The lowest BCUT2D eigenvalue weighted by atomic mass is 10.0. The van der Waals surface area contributed by atoms with Crippen molar-refractivity contribution in [3.63, 3.8) is 0 Å². The second-order valence-corrected chi connectivity index (χ2v) is 5.73. The smallest absolute Gasteiger partial charge is 0.252 e. The molecule has 1 aliphatic heterocycles. The van der Waals surface area contributed by atoms with Crippen molar-refractivity contribution in [3.8, 4) is 0 Å². The van der Waals surface area contributed by atoms with Crippen molar-refractivity contribution in [2.75, 3.05) is 20.1 Å². The first-order chi connectivity index (χ1) is 9.09. The molecule has 104 valence electrons. The molecule has 0 aliphatic carbocycles. The third kappa shape index (κ3) is 3.54. The second kappa shape index (κ2) is 6.48. The molecule has 1 heterocycles. The Morgan fingerprint density at radius 3 is 3.05 bits per heavy atom. The van der Waals surface area contributed by atoms with Crippen LogP contribution in [0.1, 0.15) is 29.6 Å². The lowest BCUT2D eigenvalue weighted by Crippen LogP contribution is -2.44. The summed E-state index contributed by atoms with van der Waals surface area (Å²) in [7, 11) is 2.08. The highest BCUT2D eigenvalue weighted by atomic mass is 79.9. The highest BCUT2D eigenvalue weighted by molar-refractivity contribution is 9.10. The molecule has 1 fully saturated rings. The van der Waals surface area contributed by atoms with Crippen LogP contribution >= 0.6 is 15.9 Å². The maximum Gasteiger partial charge on any atom is 0.252 e. The van der Waals surface area contributed by atoms with Gasteiger partial charge in [0.1, 0.15) is 5.82 Å². The Kier molecular flexibility index (Phi) is 4.93. The summed E-state index contributed by atoms with van der Waals surface area (Å²) in [5, 5.41) is 2.89. The lowest BCUT2D eigenvalue weighted by Gasteiger charge is -2.32. The normalized spacial score (nSPS) is 20.3. The van der Waals surface area contributed by atoms with Crippen molar-refractivity contribution in [1.82, 2.24) is 10.2 Å². The number of nitrogens with zero attached hydrogens (tertiary/aromatic N) is 1. The average molecular weight is 329 g/mol. The molecule has 0 aromatic heterocycles. The van der Waals surface area contributed by atoms with Gasteiger partial charge in [0.15, 0.2) is 0 Å². The Balaban J connectivity index is 1.95. The number of amides is 1. The van der Waals surface area contributed by atoms with E-state index in [0.29, 0.717) is 18.2 Å². The third-order valence-electron chi connectivity index (χ3n) is 3.62. The van der Waals surface area contributed by atoms with Crippen LogP contribution in [-0.4, -0.2) is 37.0 Å². The van der Waals surface area contributed by atoms with E-state index in [9.17, 15) is 9.18 Å². The van der Waals surface area contributed by atoms with Gasteiger partial charge in [0, 0.05) is 12.6 Å². The van der Waals surface area contributed by atoms with Gasteiger partial charge >= 0.3 is 0 Å². The highest BCUT2D eigenvalue weighted by Gasteiger charge is 2.20. The van der Waals surface area contributed by atoms with Crippen LogP contribution in [-0.2, 0) is 0 Å². The Morgan fingerprint density at radius 1 is 1.53 bits per heavy atom. The molecule has 1 N–H and O–H groups in total. The predicted octanol–water partition coefficient (Wildman–Crippen LogP) is 2.80. The van der Waals surface area contributed by atoms with E-state index in [0.717, 1.165) is 13.0 Å². The molecule has 5 heteroatoms. The van der Waals surface area contributed by atoms with Gasteiger partial charge in [-0.2, -0.15) is 0 Å². The van der Waals surface area contributed by atoms with Crippen molar-refractivity contribution in [1.29, 1.82) is 0 Å². The molecule has 1 aliphatic rings. The van der Waals surface area contributed by atoms with Gasteiger partial charge in [0.25, 0.3) is 5.91 Å². The molecule has 1 aromatic rings. The Hall–Kier alpha value is -0.940. The zero-order valence-electron chi connectivity index (χ0n) is 11.0. The fourth-order valence-corrected chi connectivity index (χ4v) is 2.83. The minimum Gasteiger partial charge on any atom is -0.350 e.